The van der Waals surface area contributed by atoms with Crippen molar-refractivity contribution in [3.05, 3.63) is 77.5 Å². The molecular formula is C22H25N3O3. The average molecular weight is 379 g/mol. The Labute approximate surface area is 164 Å². The number of amides is 1. The maximum absolute atomic E-state index is 11.2. The molecule has 1 aromatic heterocycles. The molecule has 28 heavy (non-hydrogen) atoms. The maximum atomic E-state index is 11.2. The molecule has 1 amide bonds. The first-order chi connectivity index (χ1) is 13.7. The van der Waals surface area contributed by atoms with Gasteiger partial charge < -0.3 is 14.6 Å². The topological polar surface area (TPSA) is 75.5 Å². The lowest BCUT2D eigenvalue weighted by Gasteiger charge is -2.04. The first-order valence-electron chi connectivity index (χ1n) is 9.18. The molecule has 0 aliphatic heterocycles. The molecule has 6 heteroatoms. The molecule has 3 N–H and O–H groups in total. The molecule has 0 saturated heterocycles. The van der Waals surface area contributed by atoms with Crippen LogP contribution in [-0.4, -0.2) is 29.4 Å². The predicted molar refractivity (Wildman–Crippen MR) is 110 cm³/mol. The Balaban J connectivity index is 1.83. The third-order valence-electron chi connectivity index (χ3n) is 4.55. The van der Waals surface area contributed by atoms with Gasteiger partial charge in [0.15, 0.2) is 0 Å². The zero-order chi connectivity index (χ0) is 19.8. The van der Waals surface area contributed by atoms with Crippen molar-refractivity contribution in [3.63, 3.8) is 0 Å². The number of rotatable bonds is 9. The Morgan fingerprint density at radius 3 is 2.75 bits per heavy atom. The van der Waals surface area contributed by atoms with Crippen molar-refractivity contribution < 1.29 is 14.7 Å². The summed E-state index contributed by atoms with van der Waals surface area (Å²) in [5.74, 6) is -0.553. The smallest absolute Gasteiger partial charge is 0.267 e. The molecule has 3 rings (SSSR count). The van der Waals surface area contributed by atoms with E-state index in [4.69, 9.17) is 9.94 Å². The molecular weight excluding hydrogens is 354 g/mol. The summed E-state index contributed by atoms with van der Waals surface area (Å²) in [5.41, 5.74) is 6.04. The molecule has 0 atom stereocenters. The van der Waals surface area contributed by atoms with Crippen LogP contribution in [0.4, 0.5) is 0 Å². The molecule has 1 heterocycles. The fraction of sp³-hybridized carbons (Fsp3) is 0.227. The molecule has 0 fully saturated rings. The molecule has 6 nitrogen and oxygen atoms in total. The van der Waals surface area contributed by atoms with Gasteiger partial charge in [-0.3, -0.25) is 10.0 Å². The highest BCUT2D eigenvalue weighted by Crippen LogP contribution is 2.24. The van der Waals surface area contributed by atoms with Crippen molar-refractivity contribution in [2.75, 3.05) is 13.7 Å². The molecule has 0 aliphatic rings. The summed E-state index contributed by atoms with van der Waals surface area (Å²) in [6.07, 6.45) is 5.13. The summed E-state index contributed by atoms with van der Waals surface area (Å²) < 4.78 is 7.41. The predicted octanol–water partition coefficient (Wildman–Crippen LogP) is 3.10. The van der Waals surface area contributed by atoms with Crippen molar-refractivity contribution in [1.29, 1.82) is 0 Å². The first kappa shape index (κ1) is 19.8. The van der Waals surface area contributed by atoms with Crippen LogP contribution in [0.5, 0.6) is 0 Å². The van der Waals surface area contributed by atoms with Crippen LogP contribution in [0.25, 0.3) is 17.0 Å². The number of ether oxygens (including phenoxy) is 1. The highest BCUT2D eigenvalue weighted by atomic mass is 16.5. The van der Waals surface area contributed by atoms with Crippen LogP contribution < -0.4 is 10.8 Å². The molecule has 3 aromatic rings. The summed E-state index contributed by atoms with van der Waals surface area (Å²) in [6, 6.07) is 16.3. The van der Waals surface area contributed by atoms with Gasteiger partial charge in [-0.2, -0.15) is 0 Å². The normalized spacial score (nSPS) is 11.4. The summed E-state index contributed by atoms with van der Waals surface area (Å²) >= 11 is 0. The van der Waals surface area contributed by atoms with Gasteiger partial charge in [0.2, 0.25) is 0 Å². The molecule has 2 aromatic carbocycles. The highest BCUT2D eigenvalue weighted by Gasteiger charge is 2.09. The van der Waals surface area contributed by atoms with E-state index in [2.05, 4.69) is 34.3 Å². The van der Waals surface area contributed by atoms with E-state index < -0.39 is 5.91 Å². The Bertz CT molecular complexity index is 948. The Hall–Kier alpha value is -2.93. The summed E-state index contributed by atoms with van der Waals surface area (Å²) in [6.45, 7) is 2.93. The van der Waals surface area contributed by atoms with E-state index in [0.29, 0.717) is 6.61 Å². The number of aromatic nitrogens is 1. The molecule has 146 valence electrons. The fourth-order valence-corrected chi connectivity index (χ4v) is 3.15. The van der Waals surface area contributed by atoms with Crippen LogP contribution in [0.2, 0.25) is 0 Å². The third kappa shape index (κ3) is 5.07. The number of benzene rings is 2. The average Bonchev–Trinajstić information content (AvgIpc) is 3.08. The van der Waals surface area contributed by atoms with Crippen LogP contribution in [0, 0.1) is 0 Å². The Morgan fingerprint density at radius 1 is 1.18 bits per heavy atom. The third-order valence-corrected chi connectivity index (χ3v) is 4.55. The van der Waals surface area contributed by atoms with Crippen LogP contribution in [0.15, 0.2) is 60.8 Å². The number of methoxy groups -OCH3 is 1. The molecule has 0 saturated carbocycles. The first-order valence-corrected chi connectivity index (χ1v) is 9.18. The zero-order valence-corrected chi connectivity index (χ0v) is 15.9. The van der Waals surface area contributed by atoms with Gasteiger partial charge in [0, 0.05) is 49.9 Å². The number of carbonyl (C=O) groups is 1. The minimum absolute atomic E-state index is 0.553. The minimum atomic E-state index is -0.553. The lowest BCUT2D eigenvalue weighted by Crippen LogP contribution is -2.14. The summed E-state index contributed by atoms with van der Waals surface area (Å²) in [7, 11) is 1.70. The monoisotopic (exact) mass is 379 g/mol. The van der Waals surface area contributed by atoms with Gasteiger partial charge >= 0.3 is 0 Å². The Kier molecular flexibility index (Phi) is 6.97. The van der Waals surface area contributed by atoms with Gasteiger partial charge in [0.1, 0.15) is 0 Å². The van der Waals surface area contributed by atoms with Crippen molar-refractivity contribution in [2.45, 2.75) is 19.6 Å². The second-order valence-corrected chi connectivity index (χ2v) is 6.52. The second-order valence-electron chi connectivity index (χ2n) is 6.52. The van der Waals surface area contributed by atoms with Gasteiger partial charge in [0.25, 0.3) is 5.91 Å². The summed E-state index contributed by atoms with van der Waals surface area (Å²) in [5, 5.41) is 13.3. The molecule has 0 aliphatic carbocycles. The number of hydrogen-bond acceptors (Lipinski definition) is 4. The molecule has 0 spiro atoms. The number of hydroxylamine groups is 1. The van der Waals surface area contributed by atoms with Gasteiger partial charge in [-0.15, -0.1) is 0 Å². The van der Waals surface area contributed by atoms with Crippen molar-refractivity contribution in [1.82, 2.24) is 15.4 Å². The van der Waals surface area contributed by atoms with Crippen LogP contribution >= 0.6 is 0 Å². The molecule has 0 bridgehead atoms. The van der Waals surface area contributed by atoms with E-state index in [9.17, 15) is 4.79 Å². The standard InChI is InChI=1S/C22H25N3O3/c1-28-12-11-25-16-19(15-23-14-18-5-3-2-4-6-18)20-13-17(7-9-21(20)25)8-10-22(26)24-27/h2-10,13,16,23,27H,11-12,14-15H2,1H3,(H,24,26)/b10-8+. The van der Waals surface area contributed by atoms with E-state index in [1.807, 2.05) is 30.3 Å². The second kappa shape index (κ2) is 9.85. The molecule has 0 radical (unpaired) electrons. The Morgan fingerprint density at radius 2 is 2.00 bits per heavy atom. The van der Waals surface area contributed by atoms with Crippen molar-refractivity contribution in [2.24, 2.45) is 0 Å². The van der Waals surface area contributed by atoms with Gasteiger partial charge in [-0.25, -0.2) is 5.48 Å². The van der Waals surface area contributed by atoms with E-state index in [1.165, 1.54) is 17.2 Å². The van der Waals surface area contributed by atoms with E-state index >= 15 is 0 Å². The van der Waals surface area contributed by atoms with E-state index in [-0.39, 0.29) is 0 Å². The maximum Gasteiger partial charge on any atom is 0.267 e. The summed E-state index contributed by atoms with van der Waals surface area (Å²) in [4.78, 5) is 11.2. The van der Waals surface area contributed by atoms with Crippen molar-refractivity contribution in [3.8, 4) is 0 Å². The zero-order valence-electron chi connectivity index (χ0n) is 15.9. The van der Waals surface area contributed by atoms with Crippen LogP contribution in [0.3, 0.4) is 0 Å². The van der Waals surface area contributed by atoms with Crippen molar-refractivity contribution >= 4 is 22.9 Å². The SMILES string of the molecule is COCCn1cc(CNCc2ccccc2)c2cc(/C=C/C(=O)NO)ccc21. The lowest BCUT2D eigenvalue weighted by atomic mass is 10.1. The number of hydrogen-bond donors (Lipinski definition) is 3. The quantitative estimate of drug-likeness (QED) is 0.303. The van der Waals surface area contributed by atoms with Gasteiger partial charge in [0.05, 0.1) is 6.61 Å². The largest absolute Gasteiger partial charge is 0.383 e. The van der Waals surface area contributed by atoms with E-state index in [0.717, 1.165) is 36.1 Å². The van der Waals surface area contributed by atoms with Gasteiger partial charge in [-0.05, 0) is 34.9 Å². The number of nitrogens with one attached hydrogen (secondary N) is 2. The number of nitrogens with zero attached hydrogens (tertiary/aromatic N) is 1. The van der Waals surface area contributed by atoms with Crippen LogP contribution in [-0.2, 0) is 29.2 Å². The fourth-order valence-electron chi connectivity index (χ4n) is 3.15. The van der Waals surface area contributed by atoms with E-state index in [1.54, 1.807) is 18.7 Å². The van der Waals surface area contributed by atoms with Gasteiger partial charge in [-0.1, -0.05) is 36.4 Å². The van der Waals surface area contributed by atoms with Crippen LogP contribution in [0.1, 0.15) is 16.7 Å². The molecule has 0 unspecified atom stereocenters. The highest BCUT2D eigenvalue weighted by molar-refractivity contribution is 5.92. The minimum Gasteiger partial charge on any atom is -0.383 e. The number of fused-ring (bicyclic) bond motifs is 1. The lowest BCUT2D eigenvalue weighted by molar-refractivity contribution is -0.124. The number of carbonyl (C=O) groups excluding carboxylic acids is 1.